The van der Waals surface area contributed by atoms with Crippen LogP contribution in [0.3, 0.4) is 0 Å². The van der Waals surface area contributed by atoms with Crippen molar-refractivity contribution < 1.29 is 5.11 Å². The lowest BCUT2D eigenvalue weighted by Gasteiger charge is -2.38. The Morgan fingerprint density at radius 2 is 2.04 bits per heavy atom. The predicted molar refractivity (Wildman–Crippen MR) is 93.5 cm³/mol. The molecule has 3 aromatic rings. The first-order chi connectivity index (χ1) is 11.2. The van der Waals surface area contributed by atoms with E-state index < -0.39 is 5.60 Å². The second kappa shape index (κ2) is 6.07. The fourth-order valence-electron chi connectivity index (χ4n) is 3.38. The second-order valence-corrected chi connectivity index (χ2v) is 7.46. The molecule has 3 aromatic heterocycles. The van der Waals surface area contributed by atoms with Crippen LogP contribution in [0.5, 0.6) is 0 Å². The molecule has 0 aromatic carbocycles. The molecule has 120 valence electrons. The van der Waals surface area contributed by atoms with E-state index in [2.05, 4.69) is 38.0 Å². The zero-order valence-corrected chi connectivity index (χ0v) is 13.9. The molecule has 1 N–H and O–H groups in total. The quantitative estimate of drug-likeness (QED) is 0.800. The van der Waals surface area contributed by atoms with E-state index in [-0.39, 0.29) is 0 Å². The third-order valence-corrected chi connectivity index (χ3v) is 5.61. The van der Waals surface area contributed by atoms with Gasteiger partial charge in [0.25, 0.3) is 0 Å². The summed E-state index contributed by atoms with van der Waals surface area (Å²) in [6.07, 6.45) is 5.48. The molecule has 0 unspecified atom stereocenters. The summed E-state index contributed by atoms with van der Waals surface area (Å²) in [5, 5.41) is 13.1. The minimum Gasteiger partial charge on any atom is -0.388 e. The second-order valence-electron chi connectivity index (χ2n) is 6.43. The van der Waals surface area contributed by atoms with Gasteiger partial charge in [0.15, 0.2) is 0 Å². The van der Waals surface area contributed by atoms with Gasteiger partial charge in [-0.3, -0.25) is 9.88 Å². The van der Waals surface area contributed by atoms with Crippen LogP contribution in [0.25, 0.3) is 11.0 Å². The van der Waals surface area contributed by atoms with Crippen LogP contribution in [-0.4, -0.2) is 38.2 Å². The van der Waals surface area contributed by atoms with E-state index in [1.54, 1.807) is 11.3 Å². The smallest absolute Gasteiger partial charge is 0.0880 e. The molecular formula is C18H21N3OS. The van der Waals surface area contributed by atoms with Crippen molar-refractivity contribution >= 4 is 22.4 Å². The van der Waals surface area contributed by atoms with Crippen LogP contribution in [0.4, 0.5) is 0 Å². The minimum atomic E-state index is -0.617. The molecule has 0 aliphatic carbocycles. The van der Waals surface area contributed by atoms with Gasteiger partial charge in [0.2, 0.25) is 0 Å². The van der Waals surface area contributed by atoms with Gasteiger partial charge in [-0.05, 0) is 42.5 Å². The first-order valence-electron chi connectivity index (χ1n) is 8.09. The molecule has 1 fully saturated rings. The average molecular weight is 327 g/mol. The van der Waals surface area contributed by atoms with Crippen molar-refractivity contribution in [2.45, 2.75) is 31.5 Å². The Balaban J connectivity index is 1.42. The van der Waals surface area contributed by atoms with Crippen LogP contribution >= 0.6 is 11.3 Å². The van der Waals surface area contributed by atoms with Crippen LogP contribution in [0.2, 0.25) is 0 Å². The third-order valence-electron chi connectivity index (χ3n) is 4.75. The largest absolute Gasteiger partial charge is 0.388 e. The van der Waals surface area contributed by atoms with Gasteiger partial charge in [0.1, 0.15) is 0 Å². The number of piperidine rings is 1. The lowest BCUT2D eigenvalue weighted by atomic mass is 9.91. The van der Waals surface area contributed by atoms with Crippen molar-refractivity contribution in [3.05, 3.63) is 53.0 Å². The Bertz CT molecular complexity index is 773. The normalized spacial score (nSPS) is 18.5. The number of hydrogen-bond donors (Lipinski definition) is 1. The number of aromatic nitrogens is 2. The molecule has 0 saturated carbocycles. The number of hydrogen-bond acceptors (Lipinski definition) is 4. The van der Waals surface area contributed by atoms with Crippen LogP contribution in [0.1, 0.15) is 17.7 Å². The number of aliphatic hydroxyl groups is 1. The van der Waals surface area contributed by atoms with E-state index >= 15 is 0 Å². The topological polar surface area (TPSA) is 41.3 Å². The Kier molecular flexibility index (Phi) is 3.93. The lowest BCUT2D eigenvalue weighted by Crippen LogP contribution is -2.46. The van der Waals surface area contributed by atoms with E-state index in [0.717, 1.165) is 43.5 Å². The highest BCUT2D eigenvalue weighted by atomic mass is 32.1. The fourth-order valence-corrected chi connectivity index (χ4v) is 4.13. The Morgan fingerprint density at radius 1 is 1.17 bits per heavy atom. The summed E-state index contributed by atoms with van der Waals surface area (Å²) in [5.41, 5.74) is 1.47. The SMILES string of the molecule is OC1(Cn2ccc3ncccc32)CCN(Cc2cccs2)CC1. The van der Waals surface area contributed by atoms with Gasteiger partial charge in [-0.15, -0.1) is 11.3 Å². The monoisotopic (exact) mass is 327 g/mol. The number of likely N-dealkylation sites (tertiary alicyclic amines) is 1. The summed E-state index contributed by atoms with van der Waals surface area (Å²) < 4.78 is 2.14. The summed E-state index contributed by atoms with van der Waals surface area (Å²) >= 11 is 1.81. The zero-order chi connectivity index (χ0) is 15.7. The van der Waals surface area contributed by atoms with Gasteiger partial charge in [0.05, 0.1) is 23.2 Å². The average Bonchev–Trinajstić information content (AvgIpc) is 3.20. The molecule has 1 saturated heterocycles. The molecular weight excluding hydrogens is 306 g/mol. The van der Waals surface area contributed by atoms with Crippen molar-refractivity contribution in [3.8, 4) is 0 Å². The molecule has 0 spiro atoms. The first kappa shape index (κ1) is 14.9. The third kappa shape index (κ3) is 3.17. The maximum Gasteiger partial charge on any atom is 0.0880 e. The van der Waals surface area contributed by atoms with Crippen LogP contribution in [-0.2, 0) is 13.1 Å². The molecule has 1 aliphatic heterocycles. The standard InChI is InChI=1S/C18H21N3OS/c22-18(14-21-9-5-16-17(21)4-1-8-19-16)6-10-20(11-7-18)13-15-3-2-12-23-15/h1-5,8-9,12,22H,6-7,10-11,13-14H2. The van der Waals surface area contributed by atoms with Crippen molar-refractivity contribution in [2.75, 3.05) is 13.1 Å². The van der Waals surface area contributed by atoms with E-state index in [4.69, 9.17) is 0 Å². The molecule has 4 heterocycles. The Morgan fingerprint density at radius 3 is 2.83 bits per heavy atom. The van der Waals surface area contributed by atoms with Crippen molar-refractivity contribution in [3.63, 3.8) is 0 Å². The minimum absolute atomic E-state index is 0.617. The van der Waals surface area contributed by atoms with Gasteiger partial charge < -0.3 is 9.67 Å². The highest BCUT2D eigenvalue weighted by Gasteiger charge is 2.32. The highest BCUT2D eigenvalue weighted by molar-refractivity contribution is 7.09. The van der Waals surface area contributed by atoms with E-state index in [9.17, 15) is 5.11 Å². The molecule has 0 bridgehead atoms. The summed E-state index contributed by atoms with van der Waals surface area (Å²) in [4.78, 5) is 8.20. The van der Waals surface area contributed by atoms with Gasteiger partial charge in [0, 0.05) is 36.9 Å². The molecule has 4 nitrogen and oxygen atoms in total. The van der Waals surface area contributed by atoms with Crippen LogP contribution in [0, 0.1) is 0 Å². The molecule has 4 rings (SSSR count). The maximum absolute atomic E-state index is 11.0. The fraction of sp³-hybridized carbons (Fsp3) is 0.389. The molecule has 0 radical (unpaired) electrons. The van der Waals surface area contributed by atoms with E-state index in [1.165, 1.54) is 4.88 Å². The van der Waals surface area contributed by atoms with Gasteiger partial charge in [-0.1, -0.05) is 6.07 Å². The summed E-state index contributed by atoms with van der Waals surface area (Å²) in [5.74, 6) is 0. The number of fused-ring (bicyclic) bond motifs is 1. The summed E-state index contributed by atoms with van der Waals surface area (Å²) in [7, 11) is 0. The van der Waals surface area contributed by atoms with Crippen LogP contribution in [0.15, 0.2) is 48.1 Å². The Labute approximate surface area is 140 Å². The van der Waals surface area contributed by atoms with E-state index in [0.29, 0.717) is 6.54 Å². The zero-order valence-electron chi connectivity index (χ0n) is 13.1. The Hall–Kier alpha value is -1.69. The van der Waals surface area contributed by atoms with Crippen molar-refractivity contribution in [1.82, 2.24) is 14.5 Å². The van der Waals surface area contributed by atoms with Gasteiger partial charge >= 0.3 is 0 Å². The first-order valence-corrected chi connectivity index (χ1v) is 8.97. The number of rotatable bonds is 4. The number of thiophene rings is 1. The predicted octanol–water partition coefficient (Wildman–Crippen LogP) is 3.12. The summed E-state index contributed by atoms with van der Waals surface area (Å²) in [6.45, 7) is 3.55. The van der Waals surface area contributed by atoms with E-state index in [1.807, 2.05) is 24.5 Å². The van der Waals surface area contributed by atoms with Gasteiger partial charge in [-0.25, -0.2) is 0 Å². The van der Waals surface area contributed by atoms with Crippen LogP contribution < -0.4 is 0 Å². The lowest BCUT2D eigenvalue weighted by molar-refractivity contribution is -0.0347. The maximum atomic E-state index is 11.0. The molecule has 1 aliphatic rings. The summed E-state index contributed by atoms with van der Waals surface area (Å²) in [6, 6.07) is 10.3. The molecule has 23 heavy (non-hydrogen) atoms. The van der Waals surface area contributed by atoms with Gasteiger partial charge in [-0.2, -0.15) is 0 Å². The van der Waals surface area contributed by atoms with Crippen molar-refractivity contribution in [2.24, 2.45) is 0 Å². The highest BCUT2D eigenvalue weighted by Crippen LogP contribution is 2.27. The number of pyridine rings is 1. The molecule has 5 heteroatoms. The number of nitrogens with zero attached hydrogens (tertiary/aromatic N) is 3. The molecule has 0 amide bonds. The van der Waals surface area contributed by atoms with Crippen molar-refractivity contribution in [1.29, 1.82) is 0 Å². The molecule has 0 atom stereocenters.